The number of thiocarbonyl (C=S) groups is 1. The molecule has 0 saturated heterocycles. The number of anilines is 1. The fraction of sp³-hybridized carbons (Fsp3) is 0.118. The van der Waals surface area contributed by atoms with Gasteiger partial charge in [-0.25, -0.2) is 4.79 Å². The maximum atomic E-state index is 12.1. The van der Waals surface area contributed by atoms with E-state index in [4.69, 9.17) is 22.1 Å². The highest BCUT2D eigenvalue weighted by molar-refractivity contribution is 7.80. The summed E-state index contributed by atoms with van der Waals surface area (Å²) in [4.78, 5) is 24.2. The summed E-state index contributed by atoms with van der Waals surface area (Å²) in [5.74, 6) is -0.713. The Bertz CT molecular complexity index is 732. The molecule has 124 valence electrons. The third kappa shape index (κ3) is 4.79. The first-order valence-corrected chi connectivity index (χ1v) is 7.47. The first-order chi connectivity index (χ1) is 11.5. The molecule has 2 rings (SSSR count). The van der Waals surface area contributed by atoms with Gasteiger partial charge < -0.3 is 15.2 Å². The van der Waals surface area contributed by atoms with Crippen LogP contribution in [0.15, 0.2) is 54.6 Å². The van der Waals surface area contributed by atoms with Crippen molar-refractivity contribution in [2.24, 2.45) is 0 Å². The number of hydrogen-bond donors (Lipinski definition) is 2. The fourth-order valence-electron chi connectivity index (χ4n) is 1.78. The van der Waals surface area contributed by atoms with Gasteiger partial charge in [0.25, 0.3) is 5.91 Å². The van der Waals surface area contributed by atoms with Crippen LogP contribution in [0.3, 0.4) is 0 Å². The molecule has 0 atom stereocenters. The van der Waals surface area contributed by atoms with Crippen molar-refractivity contribution in [1.82, 2.24) is 4.90 Å². The van der Waals surface area contributed by atoms with E-state index in [2.05, 4.69) is 5.32 Å². The standard InChI is InChI=1S/C17H16N2O4S/c1-19(15(20)11-23-14-5-3-2-4-6-14)17(24)18-13-9-7-12(8-10-13)16(21)22/h2-10H,11H2,1H3,(H,18,24)(H,21,22). The highest BCUT2D eigenvalue weighted by Crippen LogP contribution is 2.11. The number of rotatable bonds is 5. The highest BCUT2D eigenvalue weighted by Gasteiger charge is 2.14. The van der Waals surface area contributed by atoms with E-state index in [1.165, 1.54) is 24.1 Å². The SMILES string of the molecule is CN(C(=O)COc1ccccc1)C(=S)Nc1ccc(C(=O)O)cc1. The number of benzene rings is 2. The zero-order valence-electron chi connectivity index (χ0n) is 12.9. The van der Waals surface area contributed by atoms with E-state index < -0.39 is 5.97 Å². The Hall–Kier alpha value is -2.93. The van der Waals surface area contributed by atoms with Crippen LogP contribution >= 0.6 is 12.2 Å². The zero-order valence-corrected chi connectivity index (χ0v) is 13.7. The van der Waals surface area contributed by atoms with E-state index >= 15 is 0 Å². The number of hydrogen-bond acceptors (Lipinski definition) is 4. The molecule has 0 aliphatic heterocycles. The quantitative estimate of drug-likeness (QED) is 0.812. The van der Waals surface area contributed by atoms with Crippen molar-refractivity contribution in [1.29, 1.82) is 0 Å². The van der Waals surface area contributed by atoms with E-state index in [0.717, 1.165) is 0 Å². The maximum Gasteiger partial charge on any atom is 0.335 e. The Kier molecular flexibility index (Phi) is 5.86. The van der Waals surface area contributed by atoms with Gasteiger partial charge in [-0.2, -0.15) is 0 Å². The van der Waals surface area contributed by atoms with E-state index in [9.17, 15) is 9.59 Å². The van der Waals surface area contributed by atoms with Crippen molar-refractivity contribution in [3.63, 3.8) is 0 Å². The van der Waals surface area contributed by atoms with Crippen molar-refractivity contribution >= 4 is 34.9 Å². The number of likely N-dealkylation sites (N-methyl/N-ethyl adjacent to an activating group) is 1. The number of carboxylic acid groups (broad SMARTS) is 1. The zero-order chi connectivity index (χ0) is 17.5. The van der Waals surface area contributed by atoms with Crippen molar-refractivity contribution in [2.45, 2.75) is 0 Å². The number of carbonyl (C=O) groups excluding carboxylic acids is 1. The lowest BCUT2D eigenvalue weighted by Gasteiger charge is -2.19. The minimum atomic E-state index is -1.01. The molecule has 2 N–H and O–H groups in total. The van der Waals surface area contributed by atoms with Crippen LogP contribution in [0.4, 0.5) is 5.69 Å². The summed E-state index contributed by atoms with van der Waals surface area (Å²) in [6.45, 7) is -0.139. The number of nitrogens with one attached hydrogen (secondary N) is 1. The third-order valence-electron chi connectivity index (χ3n) is 3.17. The normalized spacial score (nSPS) is 9.88. The van der Waals surface area contributed by atoms with Gasteiger partial charge in [0.2, 0.25) is 0 Å². The van der Waals surface area contributed by atoms with Gasteiger partial charge in [0.1, 0.15) is 5.75 Å². The first-order valence-electron chi connectivity index (χ1n) is 7.06. The molecular formula is C17H16N2O4S. The summed E-state index contributed by atoms with van der Waals surface area (Å²) < 4.78 is 5.39. The number of amides is 1. The number of ether oxygens (including phenoxy) is 1. The van der Waals surface area contributed by atoms with Crippen molar-refractivity contribution < 1.29 is 19.4 Å². The van der Waals surface area contributed by atoms with Gasteiger partial charge in [-0.15, -0.1) is 0 Å². The monoisotopic (exact) mass is 344 g/mol. The first kappa shape index (κ1) is 17.4. The van der Waals surface area contributed by atoms with Gasteiger partial charge in [-0.3, -0.25) is 9.69 Å². The van der Waals surface area contributed by atoms with E-state index in [1.807, 2.05) is 18.2 Å². The molecule has 0 unspecified atom stereocenters. The number of aromatic carboxylic acids is 1. The van der Waals surface area contributed by atoms with Crippen LogP contribution in [-0.4, -0.2) is 40.6 Å². The van der Waals surface area contributed by atoms with Gasteiger partial charge in [0.15, 0.2) is 11.7 Å². The summed E-state index contributed by atoms with van der Waals surface area (Å²) in [5.41, 5.74) is 0.765. The van der Waals surface area contributed by atoms with Gasteiger partial charge in [-0.05, 0) is 48.6 Å². The van der Waals surface area contributed by atoms with Crippen LogP contribution in [0.1, 0.15) is 10.4 Å². The van der Waals surface area contributed by atoms with E-state index in [1.54, 1.807) is 24.3 Å². The Balaban J connectivity index is 1.88. The molecule has 1 amide bonds. The Morgan fingerprint density at radius 2 is 1.75 bits per heavy atom. The predicted octanol–water partition coefficient (Wildman–Crippen LogP) is 2.62. The van der Waals surface area contributed by atoms with Gasteiger partial charge in [0, 0.05) is 12.7 Å². The van der Waals surface area contributed by atoms with Crippen LogP contribution in [0.25, 0.3) is 0 Å². The second-order valence-electron chi connectivity index (χ2n) is 4.87. The fourth-order valence-corrected chi connectivity index (χ4v) is 2.00. The van der Waals surface area contributed by atoms with Crippen molar-refractivity contribution in [3.8, 4) is 5.75 Å². The summed E-state index contributed by atoms with van der Waals surface area (Å²) in [6.07, 6.45) is 0. The molecule has 0 saturated carbocycles. The lowest BCUT2D eigenvalue weighted by atomic mass is 10.2. The van der Waals surface area contributed by atoms with Gasteiger partial charge in [0.05, 0.1) is 5.56 Å². The summed E-state index contributed by atoms with van der Waals surface area (Å²) in [5, 5.41) is 11.9. The number of para-hydroxylation sites is 1. The Labute approximate surface area is 144 Å². The van der Waals surface area contributed by atoms with Gasteiger partial charge >= 0.3 is 5.97 Å². The lowest BCUT2D eigenvalue weighted by Crippen LogP contribution is -2.39. The second-order valence-corrected chi connectivity index (χ2v) is 5.25. The average molecular weight is 344 g/mol. The highest BCUT2D eigenvalue weighted by atomic mass is 32.1. The number of carboxylic acids is 1. The molecule has 0 bridgehead atoms. The maximum absolute atomic E-state index is 12.1. The largest absolute Gasteiger partial charge is 0.484 e. The van der Waals surface area contributed by atoms with Crippen LogP contribution in [0.5, 0.6) is 5.75 Å². The second kappa shape index (κ2) is 8.07. The molecule has 2 aromatic carbocycles. The van der Waals surface area contributed by atoms with Gasteiger partial charge in [-0.1, -0.05) is 18.2 Å². The molecule has 2 aromatic rings. The van der Waals surface area contributed by atoms with Crippen molar-refractivity contribution in [2.75, 3.05) is 19.0 Å². The topological polar surface area (TPSA) is 78.9 Å². The molecule has 0 aliphatic rings. The molecule has 0 heterocycles. The van der Waals surface area contributed by atoms with Crippen LogP contribution in [0, 0.1) is 0 Å². The Morgan fingerprint density at radius 1 is 1.12 bits per heavy atom. The number of nitrogens with zero attached hydrogens (tertiary/aromatic N) is 1. The molecular weight excluding hydrogens is 328 g/mol. The molecule has 24 heavy (non-hydrogen) atoms. The van der Waals surface area contributed by atoms with E-state index in [-0.39, 0.29) is 23.2 Å². The van der Waals surface area contributed by atoms with Crippen LogP contribution in [-0.2, 0) is 4.79 Å². The molecule has 0 radical (unpaired) electrons. The summed E-state index contributed by atoms with van der Waals surface area (Å²) >= 11 is 5.17. The summed E-state index contributed by atoms with van der Waals surface area (Å²) in [6, 6.07) is 15.1. The number of carbonyl (C=O) groups is 2. The predicted molar refractivity (Wildman–Crippen MR) is 94.3 cm³/mol. The molecule has 0 fully saturated rings. The molecule has 0 aliphatic carbocycles. The van der Waals surface area contributed by atoms with E-state index in [0.29, 0.717) is 11.4 Å². The molecule has 0 spiro atoms. The van der Waals surface area contributed by atoms with Crippen molar-refractivity contribution in [3.05, 3.63) is 60.2 Å². The third-order valence-corrected chi connectivity index (χ3v) is 3.54. The molecule has 0 aromatic heterocycles. The Morgan fingerprint density at radius 3 is 2.33 bits per heavy atom. The summed E-state index contributed by atoms with van der Waals surface area (Å²) in [7, 11) is 1.54. The molecule has 7 heteroatoms. The van der Waals surface area contributed by atoms with Crippen LogP contribution in [0.2, 0.25) is 0 Å². The minimum absolute atomic E-state index is 0.139. The van der Waals surface area contributed by atoms with Crippen LogP contribution < -0.4 is 10.1 Å². The molecule has 6 nitrogen and oxygen atoms in total. The average Bonchev–Trinajstić information content (AvgIpc) is 2.60. The smallest absolute Gasteiger partial charge is 0.335 e. The lowest BCUT2D eigenvalue weighted by molar-refractivity contribution is -0.128. The minimum Gasteiger partial charge on any atom is -0.484 e.